The molecule has 1 aromatic carbocycles. The average Bonchev–Trinajstić information content (AvgIpc) is 2.98. The zero-order chi connectivity index (χ0) is 17.6. The van der Waals surface area contributed by atoms with Crippen molar-refractivity contribution >= 4 is 27.0 Å². The Morgan fingerprint density at radius 2 is 2.00 bits per heavy atom. The van der Waals surface area contributed by atoms with Crippen LogP contribution in [-0.2, 0) is 10.0 Å². The van der Waals surface area contributed by atoms with Crippen LogP contribution in [0.15, 0.2) is 59.9 Å². The van der Waals surface area contributed by atoms with E-state index in [1.54, 1.807) is 18.2 Å². The molecule has 0 spiro atoms. The lowest BCUT2D eigenvalue weighted by molar-refractivity contribution is 0.105. The molecule has 7 nitrogen and oxygen atoms in total. The second kappa shape index (κ2) is 5.59. The smallest absolute Gasteiger partial charge is 0.407 e. The van der Waals surface area contributed by atoms with E-state index in [9.17, 15) is 13.2 Å². The molecule has 2 aromatic heterocycles. The Morgan fingerprint density at radius 3 is 2.68 bits per heavy atom. The molecule has 1 fully saturated rings. The van der Waals surface area contributed by atoms with Gasteiger partial charge in [0.2, 0.25) is 0 Å². The number of hydrogen-bond acceptors (Lipinski definition) is 4. The first-order valence-corrected chi connectivity index (χ1v) is 9.15. The Morgan fingerprint density at radius 1 is 1.20 bits per heavy atom. The normalized spacial score (nSPS) is 15.3. The van der Waals surface area contributed by atoms with Gasteiger partial charge in [0, 0.05) is 43.0 Å². The van der Waals surface area contributed by atoms with E-state index in [-0.39, 0.29) is 10.8 Å². The van der Waals surface area contributed by atoms with Gasteiger partial charge in [0.1, 0.15) is 4.90 Å². The molecule has 1 saturated heterocycles. The predicted octanol–water partition coefficient (Wildman–Crippen LogP) is 2.35. The molecule has 0 bridgehead atoms. The highest BCUT2D eigenvalue weighted by Crippen LogP contribution is 2.30. The predicted molar refractivity (Wildman–Crippen MR) is 91.1 cm³/mol. The molecule has 1 aliphatic rings. The molecule has 3 heterocycles. The molecule has 1 amide bonds. The van der Waals surface area contributed by atoms with Gasteiger partial charge >= 0.3 is 6.09 Å². The number of aromatic nitrogens is 2. The highest BCUT2D eigenvalue weighted by atomic mass is 32.2. The number of benzene rings is 1. The maximum atomic E-state index is 12.8. The van der Waals surface area contributed by atoms with Crippen molar-refractivity contribution in [3.8, 4) is 0 Å². The van der Waals surface area contributed by atoms with Gasteiger partial charge in [-0.1, -0.05) is 6.07 Å². The summed E-state index contributed by atoms with van der Waals surface area (Å²) in [6.45, 7) is 0.936. The number of amides is 1. The second-order valence-corrected chi connectivity index (χ2v) is 7.82. The maximum Gasteiger partial charge on any atom is 0.407 e. The van der Waals surface area contributed by atoms with E-state index < -0.39 is 16.1 Å². The van der Waals surface area contributed by atoms with Gasteiger partial charge in [0.15, 0.2) is 0 Å². The van der Waals surface area contributed by atoms with Crippen molar-refractivity contribution < 1.29 is 18.3 Å². The summed E-state index contributed by atoms with van der Waals surface area (Å²) in [4.78, 5) is 16.2. The average molecular weight is 357 g/mol. The van der Waals surface area contributed by atoms with E-state index in [0.29, 0.717) is 18.6 Å². The molecule has 1 aliphatic heterocycles. The van der Waals surface area contributed by atoms with E-state index in [1.807, 2.05) is 12.1 Å². The number of pyridine rings is 1. The van der Waals surface area contributed by atoms with Gasteiger partial charge in [-0.05, 0) is 35.9 Å². The van der Waals surface area contributed by atoms with E-state index in [2.05, 4.69) is 4.98 Å². The molecule has 128 valence electrons. The van der Waals surface area contributed by atoms with Gasteiger partial charge in [-0.3, -0.25) is 4.98 Å². The lowest BCUT2D eigenvalue weighted by Crippen LogP contribution is -2.47. The third kappa shape index (κ3) is 2.54. The first-order valence-electron chi connectivity index (χ1n) is 7.71. The van der Waals surface area contributed by atoms with E-state index >= 15 is 0 Å². The Hall–Kier alpha value is -2.87. The number of likely N-dealkylation sites (tertiary alicyclic amines) is 1. The van der Waals surface area contributed by atoms with Crippen LogP contribution in [0.2, 0.25) is 0 Å². The summed E-state index contributed by atoms with van der Waals surface area (Å²) in [5, 5.41) is 9.73. The van der Waals surface area contributed by atoms with Gasteiger partial charge in [0.25, 0.3) is 10.0 Å². The van der Waals surface area contributed by atoms with Crippen LogP contribution in [0.4, 0.5) is 4.79 Å². The summed E-state index contributed by atoms with van der Waals surface area (Å²) in [5.41, 5.74) is 1.60. The Balaban J connectivity index is 1.69. The van der Waals surface area contributed by atoms with Crippen LogP contribution >= 0.6 is 0 Å². The minimum Gasteiger partial charge on any atom is -0.465 e. The van der Waals surface area contributed by atoms with Crippen LogP contribution in [0, 0.1) is 0 Å². The topological polar surface area (TPSA) is 92.5 Å². The molecule has 8 heteroatoms. The molecule has 0 radical (unpaired) electrons. The number of hydrogen-bond donors (Lipinski definition) is 1. The molecule has 4 rings (SSSR count). The summed E-state index contributed by atoms with van der Waals surface area (Å²) < 4.78 is 26.8. The monoisotopic (exact) mass is 357 g/mol. The minimum atomic E-state index is -3.70. The van der Waals surface area contributed by atoms with Gasteiger partial charge in [-0.25, -0.2) is 17.2 Å². The van der Waals surface area contributed by atoms with Crippen LogP contribution in [0.5, 0.6) is 0 Å². The van der Waals surface area contributed by atoms with Crippen LogP contribution in [0.3, 0.4) is 0 Å². The fourth-order valence-electron chi connectivity index (χ4n) is 3.06. The van der Waals surface area contributed by atoms with E-state index in [4.69, 9.17) is 5.11 Å². The quantitative estimate of drug-likeness (QED) is 0.777. The van der Waals surface area contributed by atoms with Crippen molar-refractivity contribution in [3.05, 3.63) is 60.6 Å². The maximum absolute atomic E-state index is 12.8. The van der Waals surface area contributed by atoms with Crippen molar-refractivity contribution in [1.29, 1.82) is 0 Å². The SMILES string of the molecule is O=C(O)N1CC(c2ccc3c(ccn3S(=O)(=O)c3cccnc3)c2)C1. The van der Waals surface area contributed by atoms with E-state index in [0.717, 1.165) is 10.9 Å². The van der Waals surface area contributed by atoms with Crippen LogP contribution in [0.1, 0.15) is 11.5 Å². The van der Waals surface area contributed by atoms with Crippen LogP contribution in [-0.4, -0.2) is 46.6 Å². The lowest BCUT2D eigenvalue weighted by atomic mass is 9.91. The summed E-state index contributed by atoms with van der Waals surface area (Å²) in [6, 6.07) is 10.4. The third-order valence-electron chi connectivity index (χ3n) is 4.49. The van der Waals surface area contributed by atoms with Gasteiger partial charge < -0.3 is 10.0 Å². The van der Waals surface area contributed by atoms with Gasteiger partial charge in [-0.15, -0.1) is 0 Å². The molecule has 0 atom stereocenters. The largest absolute Gasteiger partial charge is 0.465 e. The number of rotatable bonds is 3. The van der Waals surface area contributed by atoms with Crippen molar-refractivity contribution in [1.82, 2.24) is 13.9 Å². The molecule has 25 heavy (non-hydrogen) atoms. The van der Waals surface area contributed by atoms with Gasteiger partial charge in [-0.2, -0.15) is 0 Å². The first kappa shape index (κ1) is 15.6. The van der Waals surface area contributed by atoms with Gasteiger partial charge in [0.05, 0.1) is 5.52 Å². The van der Waals surface area contributed by atoms with Crippen molar-refractivity contribution in [3.63, 3.8) is 0 Å². The number of nitrogens with zero attached hydrogens (tertiary/aromatic N) is 3. The molecule has 1 N–H and O–H groups in total. The third-order valence-corrected chi connectivity index (χ3v) is 6.17. The van der Waals surface area contributed by atoms with Crippen LogP contribution in [0.25, 0.3) is 10.9 Å². The summed E-state index contributed by atoms with van der Waals surface area (Å²) in [6.07, 6.45) is 3.47. The number of carbonyl (C=O) groups is 1. The van der Waals surface area contributed by atoms with Crippen molar-refractivity contribution in [2.24, 2.45) is 0 Å². The fraction of sp³-hybridized carbons (Fsp3) is 0.176. The Labute approximate surface area is 144 Å². The molecular weight excluding hydrogens is 342 g/mol. The summed E-state index contributed by atoms with van der Waals surface area (Å²) >= 11 is 0. The Kier molecular flexibility index (Phi) is 3.50. The standard InChI is InChI=1S/C17H15N3O4S/c21-17(22)19-10-14(11-19)12-3-4-16-13(8-12)5-7-20(16)25(23,24)15-2-1-6-18-9-15/h1-9,14H,10-11H2,(H,21,22). The summed E-state index contributed by atoms with van der Waals surface area (Å²) in [7, 11) is -3.70. The second-order valence-electron chi connectivity index (χ2n) is 6.01. The zero-order valence-corrected chi connectivity index (χ0v) is 13.9. The van der Waals surface area contributed by atoms with Crippen molar-refractivity contribution in [2.75, 3.05) is 13.1 Å². The molecule has 0 unspecified atom stereocenters. The minimum absolute atomic E-state index is 0.132. The van der Waals surface area contributed by atoms with Crippen molar-refractivity contribution in [2.45, 2.75) is 10.8 Å². The highest BCUT2D eigenvalue weighted by molar-refractivity contribution is 7.90. The number of carboxylic acid groups (broad SMARTS) is 1. The van der Waals surface area contributed by atoms with E-state index in [1.165, 1.54) is 33.5 Å². The molecular formula is C17H15N3O4S. The number of fused-ring (bicyclic) bond motifs is 1. The molecule has 3 aromatic rings. The lowest BCUT2D eigenvalue weighted by Gasteiger charge is -2.37. The highest BCUT2D eigenvalue weighted by Gasteiger charge is 2.31. The fourth-order valence-corrected chi connectivity index (χ4v) is 4.38. The molecule has 0 aliphatic carbocycles. The summed E-state index contributed by atoms with van der Waals surface area (Å²) in [5.74, 6) is 0.152. The zero-order valence-electron chi connectivity index (χ0n) is 13.1. The molecule has 0 saturated carbocycles. The Bertz CT molecular complexity index is 1050. The first-order chi connectivity index (χ1) is 12.0. The van der Waals surface area contributed by atoms with Crippen LogP contribution < -0.4 is 0 Å².